The molecule has 26 heavy (non-hydrogen) atoms. The quantitative estimate of drug-likeness (QED) is 0.436. The van der Waals surface area contributed by atoms with Gasteiger partial charge in [0, 0.05) is 31.3 Å². The van der Waals surface area contributed by atoms with Gasteiger partial charge in [-0.3, -0.25) is 4.79 Å². The van der Waals surface area contributed by atoms with Crippen molar-refractivity contribution in [2.24, 2.45) is 0 Å². The first kappa shape index (κ1) is 19.7. The number of aryl methyl sites for hydroxylation is 1. The van der Waals surface area contributed by atoms with Crippen LogP contribution in [0.5, 0.6) is 5.75 Å². The van der Waals surface area contributed by atoms with Crippen LogP contribution in [0.2, 0.25) is 0 Å². The number of aromatic nitrogens is 1. The smallest absolute Gasteiger partial charge is 0.305 e. The van der Waals surface area contributed by atoms with Crippen molar-refractivity contribution < 1.29 is 19.4 Å². The first-order valence-corrected chi connectivity index (χ1v) is 8.47. The number of methoxy groups -OCH3 is 1. The summed E-state index contributed by atoms with van der Waals surface area (Å²) in [6, 6.07) is 11.0. The lowest BCUT2D eigenvalue weighted by Crippen LogP contribution is -2.26. The number of hydrogen-bond acceptors (Lipinski definition) is 7. The number of carbonyl (C=O) groups is 1. The predicted octanol–water partition coefficient (Wildman–Crippen LogP) is 1.47. The molecular formula is C19H25N3O4. The molecule has 1 atom stereocenters. The number of aliphatic hydroxyl groups is 1. The molecule has 0 bridgehead atoms. The van der Waals surface area contributed by atoms with E-state index < -0.39 is 6.10 Å². The van der Waals surface area contributed by atoms with E-state index in [0.29, 0.717) is 38.4 Å². The SMILES string of the molecule is COC(=O)CCc1ccc(OCCNC[C@H](O)c2ccc(N)nc2)cc1. The average Bonchev–Trinajstić information content (AvgIpc) is 2.67. The molecule has 0 radical (unpaired) electrons. The van der Waals surface area contributed by atoms with Crippen molar-refractivity contribution in [2.75, 3.05) is 32.5 Å². The normalized spacial score (nSPS) is 11.8. The second-order valence-corrected chi connectivity index (χ2v) is 5.80. The van der Waals surface area contributed by atoms with Gasteiger partial charge in [0.15, 0.2) is 0 Å². The third-order valence-electron chi connectivity index (χ3n) is 3.85. The Morgan fingerprint density at radius 3 is 2.69 bits per heavy atom. The van der Waals surface area contributed by atoms with Crippen LogP contribution in [-0.2, 0) is 16.0 Å². The van der Waals surface area contributed by atoms with Crippen molar-refractivity contribution in [1.29, 1.82) is 0 Å². The molecule has 0 spiro atoms. The Balaban J connectivity index is 1.63. The van der Waals surface area contributed by atoms with Crippen molar-refractivity contribution in [2.45, 2.75) is 18.9 Å². The van der Waals surface area contributed by atoms with Crippen LogP contribution in [0.1, 0.15) is 23.7 Å². The third-order valence-corrected chi connectivity index (χ3v) is 3.85. The first-order valence-electron chi connectivity index (χ1n) is 8.47. The number of ether oxygens (including phenoxy) is 2. The molecule has 140 valence electrons. The highest BCUT2D eigenvalue weighted by molar-refractivity contribution is 5.69. The fourth-order valence-corrected chi connectivity index (χ4v) is 2.31. The fourth-order valence-electron chi connectivity index (χ4n) is 2.31. The number of nitrogen functional groups attached to an aromatic ring is 1. The van der Waals surface area contributed by atoms with Gasteiger partial charge in [-0.1, -0.05) is 18.2 Å². The lowest BCUT2D eigenvalue weighted by atomic mass is 10.1. The molecule has 2 rings (SSSR count). The van der Waals surface area contributed by atoms with Crippen molar-refractivity contribution in [3.05, 3.63) is 53.7 Å². The van der Waals surface area contributed by atoms with Crippen LogP contribution >= 0.6 is 0 Å². The maximum atomic E-state index is 11.1. The van der Waals surface area contributed by atoms with E-state index in [9.17, 15) is 9.90 Å². The van der Waals surface area contributed by atoms with Gasteiger partial charge in [-0.2, -0.15) is 0 Å². The van der Waals surface area contributed by atoms with Crippen LogP contribution < -0.4 is 15.8 Å². The zero-order valence-electron chi connectivity index (χ0n) is 14.9. The molecule has 7 nitrogen and oxygen atoms in total. The van der Waals surface area contributed by atoms with E-state index in [-0.39, 0.29) is 5.97 Å². The monoisotopic (exact) mass is 359 g/mol. The number of anilines is 1. The highest BCUT2D eigenvalue weighted by Gasteiger charge is 2.07. The third kappa shape index (κ3) is 6.70. The molecule has 7 heteroatoms. The van der Waals surface area contributed by atoms with Gasteiger partial charge in [0.2, 0.25) is 0 Å². The lowest BCUT2D eigenvalue weighted by molar-refractivity contribution is -0.140. The number of aliphatic hydroxyl groups excluding tert-OH is 1. The van der Waals surface area contributed by atoms with E-state index >= 15 is 0 Å². The van der Waals surface area contributed by atoms with E-state index in [2.05, 4.69) is 15.0 Å². The van der Waals surface area contributed by atoms with E-state index in [1.807, 2.05) is 24.3 Å². The summed E-state index contributed by atoms with van der Waals surface area (Å²) in [5, 5.41) is 13.2. The van der Waals surface area contributed by atoms with Gasteiger partial charge < -0.3 is 25.6 Å². The highest BCUT2D eigenvalue weighted by atomic mass is 16.5. The van der Waals surface area contributed by atoms with Crippen molar-refractivity contribution >= 4 is 11.8 Å². The summed E-state index contributed by atoms with van der Waals surface area (Å²) >= 11 is 0. The van der Waals surface area contributed by atoms with Gasteiger partial charge >= 0.3 is 5.97 Å². The molecular weight excluding hydrogens is 334 g/mol. The molecule has 0 saturated heterocycles. The summed E-state index contributed by atoms with van der Waals surface area (Å²) in [5.41, 5.74) is 7.30. The van der Waals surface area contributed by atoms with Crippen LogP contribution in [0.3, 0.4) is 0 Å². The zero-order chi connectivity index (χ0) is 18.8. The molecule has 0 saturated carbocycles. The van der Waals surface area contributed by atoms with E-state index in [4.69, 9.17) is 10.5 Å². The minimum absolute atomic E-state index is 0.214. The molecule has 0 aliphatic rings. The molecule has 4 N–H and O–H groups in total. The Morgan fingerprint density at radius 2 is 2.04 bits per heavy atom. The Labute approximate surface area is 153 Å². The standard InChI is InChI=1S/C19H25N3O4/c1-25-19(24)9-4-14-2-6-16(7-3-14)26-11-10-21-13-17(23)15-5-8-18(20)22-12-15/h2-3,5-8,12,17,21,23H,4,9-11,13H2,1H3,(H2,20,22)/t17-/m0/s1. The topological polar surface area (TPSA) is 107 Å². The van der Waals surface area contributed by atoms with Crippen LogP contribution in [0.25, 0.3) is 0 Å². The van der Waals surface area contributed by atoms with E-state index in [0.717, 1.165) is 16.9 Å². The summed E-state index contributed by atoms with van der Waals surface area (Å²) in [6.07, 6.45) is 1.94. The molecule has 1 aromatic carbocycles. The van der Waals surface area contributed by atoms with Crippen LogP contribution in [0.4, 0.5) is 5.82 Å². The Hall–Kier alpha value is -2.64. The van der Waals surface area contributed by atoms with Crippen molar-refractivity contribution in [3.63, 3.8) is 0 Å². The number of hydrogen-bond donors (Lipinski definition) is 3. The van der Waals surface area contributed by atoms with Crippen molar-refractivity contribution in [3.8, 4) is 5.75 Å². The second-order valence-electron chi connectivity index (χ2n) is 5.80. The van der Waals surface area contributed by atoms with Crippen LogP contribution in [0.15, 0.2) is 42.6 Å². The summed E-state index contributed by atoms with van der Waals surface area (Å²) in [7, 11) is 1.39. The van der Waals surface area contributed by atoms with Gasteiger partial charge in [-0.05, 0) is 30.2 Å². The first-order chi connectivity index (χ1) is 12.6. The number of esters is 1. The number of benzene rings is 1. The largest absolute Gasteiger partial charge is 0.492 e. The Morgan fingerprint density at radius 1 is 1.27 bits per heavy atom. The predicted molar refractivity (Wildman–Crippen MR) is 98.8 cm³/mol. The zero-order valence-corrected chi connectivity index (χ0v) is 14.9. The summed E-state index contributed by atoms with van der Waals surface area (Å²) < 4.78 is 10.3. The van der Waals surface area contributed by atoms with Crippen LogP contribution in [-0.4, -0.2) is 42.9 Å². The molecule has 1 aromatic heterocycles. The minimum atomic E-state index is -0.641. The molecule has 0 aliphatic carbocycles. The summed E-state index contributed by atoms with van der Waals surface area (Å²) in [4.78, 5) is 15.1. The molecule has 2 aromatic rings. The second kappa shape index (κ2) is 10.4. The van der Waals surface area contributed by atoms with Crippen LogP contribution in [0, 0.1) is 0 Å². The summed E-state index contributed by atoms with van der Waals surface area (Å²) in [5.74, 6) is 0.976. The van der Waals surface area contributed by atoms with Gasteiger partial charge in [0.1, 0.15) is 18.2 Å². The molecule has 1 heterocycles. The fraction of sp³-hybridized carbons (Fsp3) is 0.368. The molecule has 0 fully saturated rings. The minimum Gasteiger partial charge on any atom is -0.492 e. The number of carbonyl (C=O) groups excluding carboxylic acids is 1. The van der Waals surface area contributed by atoms with E-state index in [1.54, 1.807) is 18.3 Å². The summed E-state index contributed by atoms with van der Waals surface area (Å²) in [6.45, 7) is 1.49. The number of nitrogens with one attached hydrogen (secondary N) is 1. The Bertz CT molecular complexity index is 674. The number of pyridine rings is 1. The highest BCUT2D eigenvalue weighted by Crippen LogP contribution is 2.14. The Kier molecular flexibility index (Phi) is 7.85. The van der Waals surface area contributed by atoms with Gasteiger partial charge in [-0.25, -0.2) is 4.98 Å². The number of nitrogens with two attached hydrogens (primary N) is 1. The van der Waals surface area contributed by atoms with Gasteiger partial charge in [0.05, 0.1) is 13.2 Å². The van der Waals surface area contributed by atoms with Crippen molar-refractivity contribution in [1.82, 2.24) is 10.3 Å². The molecule has 0 amide bonds. The van der Waals surface area contributed by atoms with E-state index in [1.165, 1.54) is 7.11 Å². The van der Waals surface area contributed by atoms with Gasteiger partial charge in [-0.15, -0.1) is 0 Å². The average molecular weight is 359 g/mol. The van der Waals surface area contributed by atoms with Gasteiger partial charge in [0.25, 0.3) is 0 Å². The molecule has 0 unspecified atom stereocenters. The number of rotatable bonds is 10. The lowest BCUT2D eigenvalue weighted by Gasteiger charge is -2.12. The maximum Gasteiger partial charge on any atom is 0.305 e. The number of nitrogens with zero attached hydrogens (tertiary/aromatic N) is 1. The molecule has 0 aliphatic heterocycles. The maximum absolute atomic E-state index is 11.1.